The molecule has 0 saturated heterocycles. The molecule has 0 saturated carbocycles. The molecule has 1 heterocycles. The highest BCUT2D eigenvalue weighted by Gasteiger charge is 2.19. The first-order chi connectivity index (χ1) is 9.47. The summed E-state index contributed by atoms with van der Waals surface area (Å²) in [5.74, 6) is 0.900. The summed E-state index contributed by atoms with van der Waals surface area (Å²) in [6.07, 6.45) is 0. The Morgan fingerprint density at radius 2 is 2.10 bits per heavy atom. The molecular weight excluding hydrogens is 280 g/mol. The van der Waals surface area contributed by atoms with Gasteiger partial charge in [0.2, 0.25) is 5.91 Å². The summed E-state index contributed by atoms with van der Waals surface area (Å²) in [5, 5.41) is 0.528. The number of nitrogens with zero attached hydrogens (tertiary/aromatic N) is 1. The number of hydrogen-bond acceptors (Lipinski definition) is 4. The molecule has 0 aromatic heterocycles. The Kier molecular flexibility index (Phi) is 4.73. The van der Waals surface area contributed by atoms with Crippen molar-refractivity contribution in [2.75, 3.05) is 19.8 Å². The van der Waals surface area contributed by atoms with E-state index in [1.54, 1.807) is 0 Å². The molecule has 110 valence electrons. The standard InChI is InChI=1S/C14H19ClN2O3/c1-9(2)17(8-13(16)18)7-10-5-11(15)14-12(6-10)19-3-4-20-14/h5-6,9H,3-4,7-8H2,1-2H3,(H2,16,18). The first kappa shape index (κ1) is 14.9. The lowest BCUT2D eigenvalue weighted by atomic mass is 10.1. The van der Waals surface area contributed by atoms with Gasteiger partial charge in [-0.15, -0.1) is 0 Å². The van der Waals surface area contributed by atoms with Crippen LogP contribution in [0.1, 0.15) is 19.4 Å². The number of rotatable bonds is 5. The van der Waals surface area contributed by atoms with E-state index in [2.05, 4.69) is 0 Å². The summed E-state index contributed by atoms with van der Waals surface area (Å²) in [6.45, 7) is 5.85. The Morgan fingerprint density at radius 3 is 2.75 bits per heavy atom. The Hall–Kier alpha value is -1.46. The second kappa shape index (κ2) is 6.33. The van der Waals surface area contributed by atoms with Crippen molar-refractivity contribution < 1.29 is 14.3 Å². The van der Waals surface area contributed by atoms with E-state index < -0.39 is 0 Å². The third-order valence-corrected chi connectivity index (χ3v) is 3.41. The average molecular weight is 299 g/mol. The van der Waals surface area contributed by atoms with Gasteiger partial charge in [-0.25, -0.2) is 0 Å². The van der Waals surface area contributed by atoms with Crippen LogP contribution < -0.4 is 15.2 Å². The smallest absolute Gasteiger partial charge is 0.231 e. The molecule has 0 spiro atoms. The molecule has 0 radical (unpaired) electrons. The number of benzene rings is 1. The molecule has 0 aliphatic carbocycles. The van der Waals surface area contributed by atoms with Crippen LogP contribution in [0.2, 0.25) is 5.02 Å². The molecular formula is C14H19ClN2O3. The summed E-state index contributed by atoms with van der Waals surface area (Å²) in [5.41, 5.74) is 6.24. The minimum absolute atomic E-state index is 0.203. The van der Waals surface area contributed by atoms with Gasteiger partial charge in [0.15, 0.2) is 11.5 Å². The van der Waals surface area contributed by atoms with Crippen LogP contribution in [-0.4, -0.2) is 36.6 Å². The Bertz CT molecular complexity index is 505. The van der Waals surface area contributed by atoms with Gasteiger partial charge in [-0.2, -0.15) is 0 Å². The zero-order valence-electron chi connectivity index (χ0n) is 11.7. The monoisotopic (exact) mass is 298 g/mol. The molecule has 20 heavy (non-hydrogen) atoms. The van der Waals surface area contributed by atoms with Crippen LogP contribution in [0.3, 0.4) is 0 Å². The SMILES string of the molecule is CC(C)N(CC(N)=O)Cc1cc(Cl)c2c(c1)OCCO2. The summed E-state index contributed by atoms with van der Waals surface area (Å²) in [6, 6.07) is 3.94. The number of carbonyl (C=O) groups excluding carboxylic acids is 1. The van der Waals surface area contributed by atoms with Gasteiger partial charge in [-0.1, -0.05) is 11.6 Å². The molecule has 1 amide bonds. The molecule has 6 heteroatoms. The highest BCUT2D eigenvalue weighted by atomic mass is 35.5. The minimum Gasteiger partial charge on any atom is -0.486 e. The van der Waals surface area contributed by atoms with Crippen molar-refractivity contribution in [1.82, 2.24) is 4.90 Å². The number of nitrogens with two attached hydrogens (primary N) is 1. The molecule has 0 fully saturated rings. The van der Waals surface area contributed by atoms with E-state index >= 15 is 0 Å². The quantitative estimate of drug-likeness (QED) is 0.900. The first-order valence-electron chi connectivity index (χ1n) is 6.57. The van der Waals surface area contributed by atoms with Crippen LogP contribution in [0.25, 0.3) is 0 Å². The highest BCUT2D eigenvalue weighted by Crippen LogP contribution is 2.38. The zero-order chi connectivity index (χ0) is 14.7. The molecule has 2 N–H and O–H groups in total. The molecule has 0 bridgehead atoms. The number of halogens is 1. The van der Waals surface area contributed by atoms with Crippen molar-refractivity contribution in [1.29, 1.82) is 0 Å². The van der Waals surface area contributed by atoms with Crippen LogP contribution in [0.15, 0.2) is 12.1 Å². The van der Waals surface area contributed by atoms with Crippen molar-refractivity contribution in [3.63, 3.8) is 0 Å². The lowest BCUT2D eigenvalue weighted by Gasteiger charge is -2.26. The molecule has 1 aromatic rings. The van der Waals surface area contributed by atoms with Gasteiger partial charge in [-0.3, -0.25) is 9.69 Å². The lowest BCUT2D eigenvalue weighted by Crippen LogP contribution is -2.38. The predicted molar refractivity (Wildman–Crippen MR) is 77.2 cm³/mol. The van der Waals surface area contributed by atoms with Crippen molar-refractivity contribution in [2.24, 2.45) is 5.73 Å². The fourth-order valence-electron chi connectivity index (χ4n) is 2.11. The van der Waals surface area contributed by atoms with Crippen LogP contribution in [0, 0.1) is 0 Å². The second-order valence-electron chi connectivity index (χ2n) is 5.07. The van der Waals surface area contributed by atoms with E-state index in [-0.39, 0.29) is 18.5 Å². The molecule has 0 atom stereocenters. The summed E-state index contributed by atoms with van der Waals surface area (Å²) in [7, 11) is 0. The van der Waals surface area contributed by atoms with Crippen LogP contribution >= 0.6 is 11.6 Å². The predicted octanol–water partition coefficient (Wildman–Crippen LogP) is 1.81. The minimum atomic E-state index is -0.345. The third kappa shape index (κ3) is 3.55. The second-order valence-corrected chi connectivity index (χ2v) is 5.47. The van der Waals surface area contributed by atoms with E-state index in [1.807, 2.05) is 30.9 Å². The van der Waals surface area contributed by atoms with Crippen LogP contribution in [0.4, 0.5) is 0 Å². The number of primary amides is 1. The van der Waals surface area contributed by atoms with E-state index in [0.717, 1.165) is 5.56 Å². The van der Waals surface area contributed by atoms with Crippen molar-refractivity contribution in [3.05, 3.63) is 22.7 Å². The molecule has 1 aromatic carbocycles. The van der Waals surface area contributed by atoms with Crippen molar-refractivity contribution in [3.8, 4) is 11.5 Å². The normalized spacial score (nSPS) is 13.8. The molecule has 2 rings (SSSR count). The van der Waals surface area contributed by atoms with E-state index in [1.165, 1.54) is 0 Å². The molecule has 1 aliphatic rings. The van der Waals surface area contributed by atoms with E-state index in [4.69, 9.17) is 26.8 Å². The van der Waals surface area contributed by atoms with Crippen LogP contribution in [-0.2, 0) is 11.3 Å². The molecule has 1 aliphatic heterocycles. The number of amides is 1. The maximum atomic E-state index is 11.1. The van der Waals surface area contributed by atoms with Crippen LogP contribution in [0.5, 0.6) is 11.5 Å². The van der Waals surface area contributed by atoms with Gasteiger partial charge in [0.05, 0.1) is 11.6 Å². The fourth-order valence-corrected chi connectivity index (χ4v) is 2.40. The number of hydrogen-bond donors (Lipinski definition) is 1. The average Bonchev–Trinajstić information content (AvgIpc) is 2.37. The molecule has 5 nitrogen and oxygen atoms in total. The molecule has 0 unspecified atom stereocenters. The summed E-state index contributed by atoms with van der Waals surface area (Å²) < 4.78 is 11.0. The van der Waals surface area contributed by atoms with E-state index in [9.17, 15) is 4.79 Å². The van der Waals surface area contributed by atoms with Gasteiger partial charge in [0.1, 0.15) is 13.2 Å². The topological polar surface area (TPSA) is 64.8 Å². The van der Waals surface area contributed by atoms with Gasteiger partial charge in [0.25, 0.3) is 0 Å². The maximum absolute atomic E-state index is 11.1. The van der Waals surface area contributed by atoms with Gasteiger partial charge < -0.3 is 15.2 Å². The summed E-state index contributed by atoms with van der Waals surface area (Å²) >= 11 is 6.20. The van der Waals surface area contributed by atoms with Gasteiger partial charge >= 0.3 is 0 Å². The fraction of sp³-hybridized carbons (Fsp3) is 0.500. The zero-order valence-corrected chi connectivity index (χ0v) is 12.4. The van der Waals surface area contributed by atoms with E-state index in [0.29, 0.717) is 36.3 Å². The Balaban J connectivity index is 2.19. The first-order valence-corrected chi connectivity index (χ1v) is 6.95. The maximum Gasteiger partial charge on any atom is 0.231 e. The highest BCUT2D eigenvalue weighted by molar-refractivity contribution is 6.32. The number of fused-ring (bicyclic) bond motifs is 1. The van der Waals surface area contributed by atoms with Gasteiger partial charge in [-0.05, 0) is 31.5 Å². The number of carbonyl (C=O) groups is 1. The van der Waals surface area contributed by atoms with Crippen molar-refractivity contribution in [2.45, 2.75) is 26.4 Å². The number of ether oxygens (including phenoxy) is 2. The Labute approximate surface area is 123 Å². The third-order valence-electron chi connectivity index (χ3n) is 3.13. The Morgan fingerprint density at radius 1 is 1.40 bits per heavy atom. The summed E-state index contributed by atoms with van der Waals surface area (Å²) in [4.78, 5) is 13.1. The van der Waals surface area contributed by atoms with Gasteiger partial charge in [0, 0.05) is 12.6 Å². The lowest BCUT2D eigenvalue weighted by molar-refractivity contribution is -0.119. The largest absolute Gasteiger partial charge is 0.486 e. The van der Waals surface area contributed by atoms with Crippen molar-refractivity contribution >= 4 is 17.5 Å².